The average Bonchev–Trinajstić information content (AvgIpc) is 2.61. The van der Waals surface area contributed by atoms with Crippen molar-refractivity contribution in [2.24, 2.45) is 0 Å². The van der Waals surface area contributed by atoms with Crippen LogP contribution in [-0.4, -0.2) is 23.0 Å². The highest BCUT2D eigenvalue weighted by Gasteiger charge is 2.07. The molecular formula is C17H12N4O2. The van der Waals surface area contributed by atoms with Gasteiger partial charge in [0.25, 0.3) is 0 Å². The van der Waals surface area contributed by atoms with Crippen molar-refractivity contribution in [2.45, 2.75) is 0 Å². The number of nitriles is 1. The van der Waals surface area contributed by atoms with E-state index < -0.39 is 5.97 Å². The second-order valence-electron chi connectivity index (χ2n) is 4.75. The van der Waals surface area contributed by atoms with Gasteiger partial charge in [-0.1, -0.05) is 0 Å². The molecule has 3 rings (SSSR count). The lowest BCUT2D eigenvalue weighted by molar-refractivity contribution is 0.0600. The molecule has 0 aliphatic carbocycles. The van der Waals surface area contributed by atoms with Crippen molar-refractivity contribution >= 4 is 28.4 Å². The van der Waals surface area contributed by atoms with E-state index in [9.17, 15) is 4.79 Å². The molecule has 0 fully saturated rings. The van der Waals surface area contributed by atoms with E-state index in [-0.39, 0.29) is 0 Å². The number of benzene rings is 1. The van der Waals surface area contributed by atoms with Crippen LogP contribution in [0.3, 0.4) is 0 Å². The second-order valence-corrected chi connectivity index (χ2v) is 4.75. The number of esters is 1. The average molecular weight is 304 g/mol. The smallest absolute Gasteiger partial charge is 0.339 e. The van der Waals surface area contributed by atoms with Crippen molar-refractivity contribution < 1.29 is 9.53 Å². The first-order chi connectivity index (χ1) is 11.2. The van der Waals surface area contributed by atoms with Crippen LogP contribution in [0.25, 0.3) is 10.9 Å². The molecule has 1 N–H and O–H groups in total. The third-order valence-corrected chi connectivity index (χ3v) is 3.32. The standard InChI is InChI=1S/C17H12N4O2/c1-23-17(22)12-3-5-16(20-10-12)21-15-6-7-19-14-4-2-11(9-18)8-13(14)15/h2-8,10H,1H3,(H,19,20,21). The van der Waals surface area contributed by atoms with Crippen molar-refractivity contribution in [1.29, 1.82) is 5.26 Å². The molecule has 2 aromatic heterocycles. The fraction of sp³-hybridized carbons (Fsp3) is 0.0588. The van der Waals surface area contributed by atoms with Gasteiger partial charge < -0.3 is 10.1 Å². The predicted molar refractivity (Wildman–Crippen MR) is 85.3 cm³/mol. The molecule has 6 heteroatoms. The van der Waals surface area contributed by atoms with E-state index >= 15 is 0 Å². The highest BCUT2D eigenvalue weighted by Crippen LogP contribution is 2.25. The van der Waals surface area contributed by atoms with Crippen LogP contribution in [0.15, 0.2) is 48.8 Å². The first-order valence-corrected chi connectivity index (χ1v) is 6.81. The summed E-state index contributed by atoms with van der Waals surface area (Å²) in [4.78, 5) is 19.9. The Morgan fingerprint density at radius 3 is 2.78 bits per heavy atom. The molecule has 0 aliphatic heterocycles. The number of carbonyl (C=O) groups excluding carboxylic acids is 1. The van der Waals surface area contributed by atoms with E-state index in [2.05, 4.69) is 26.1 Å². The zero-order chi connectivity index (χ0) is 16.2. The maximum absolute atomic E-state index is 11.4. The number of hydrogen-bond donors (Lipinski definition) is 1. The fourth-order valence-corrected chi connectivity index (χ4v) is 2.17. The normalized spacial score (nSPS) is 10.1. The van der Waals surface area contributed by atoms with Gasteiger partial charge in [0.2, 0.25) is 0 Å². The quantitative estimate of drug-likeness (QED) is 0.748. The van der Waals surface area contributed by atoms with Crippen LogP contribution in [-0.2, 0) is 4.74 Å². The van der Waals surface area contributed by atoms with Crippen molar-refractivity contribution in [3.63, 3.8) is 0 Å². The summed E-state index contributed by atoms with van der Waals surface area (Å²) < 4.78 is 4.64. The molecule has 0 saturated carbocycles. The maximum atomic E-state index is 11.4. The van der Waals surface area contributed by atoms with E-state index in [1.54, 1.807) is 42.6 Å². The zero-order valence-corrected chi connectivity index (χ0v) is 12.3. The fourth-order valence-electron chi connectivity index (χ4n) is 2.17. The van der Waals surface area contributed by atoms with Gasteiger partial charge in [0.1, 0.15) is 5.82 Å². The summed E-state index contributed by atoms with van der Waals surface area (Å²) in [6, 6.07) is 12.5. The Morgan fingerprint density at radius 1 is 1.22 bits per heavy atom. The SMILES string of the molecule is COC(=O)c1ccc(Nc2ccnc3ccc(C#N)cc23)nc1. The molecule has 3 aromatic rings. The van der Waals surface area contributed by atoms with Gasteiger partial charge in [-0.3, -0.25) is 4.98 Å². The number of aromatic nitrogens is 2. The Balaban J connectivity index is 1.95. The van der Waals surface area contributed by atoms with Gasteiger partial charge in [0.05, 0.1) is 35.5 Å². The Bertz CT molecular complexity index is 914. The molecule has 2 heterocycles. The van der Waals surface area contributed by atoms with Crippen LogP contribution < -0.4 is 5.32 Å². The minimum atomic E-state index is -0.433. The summed E-state index contributed by atoms with van der Waals surface area (Å²) in [5, 5.41) is 13.0. The van der Waals surface area contributed by atoms with Gasteiger partial charge in [-0.25, -0.2) is 9.78 Å². The molecule has 0 spiro atoms. The summed E-state index contributed by atoms with van der Waals surface area (Å²) >= 11 is 0. The van der Waals surface area contributed by atoms with Gasteiger partial charge in [-0.15, -0.1) is 0 Å². The molecule has 0 atom stereocenters. The summed E-state index contributed by atoms with van der Waals surface area (Å²) in [6.45, 7) is 0. The molecule has 0 aliphatic rings. The minimum absolute atomic E-state index is 0.379. The van der Waals surface area contributed by atoms with Gasteiger partial charge >= 0.3 is 5.97 Å². The summed E-state index contributed by atoms with van der Waals surface area (Å²) in [5.74, 6) is 0.143. The number of pyridine rings is 2. The predicted octanol–water partition coefficient (Wildman–Crippen LogP) is 3.03. The Labute approximate surface area is 132 Å². The number of carbonyl (C=O) groups is 1. The lowest BCUT2D eigenvalue weighted by Gasteiger charge is -2.09. The lowest BCUT2D eigenvalue weighted by Crippen LogP contribution is -2.02. The Kier molecular flexibility index (Phi) is 3.85. The van der Waals surface area contributed by atoms with E-state index in [4.69, 9.17) is 5.26 Å². The van der Waals surface area contributed by atoms with E-state index in [1.807, 2.05) is 0 Å². The second kappa shape index (κ2) is 6.12. The van der Waals surface area contributed by atoms with Gasteiger partial charge in [-0.05, 0) is 36.4 Å². The van der Waals surface area contributed by atoms with Crippen molar-refractivity contribution in [1.82, 2.24) is 9.97 Å². The molecule has 0 bridgehead atoms. The third-order valence-electron chi connectivity index (χ3n) is 3.32. The number of hydrogen-bond acceptors (Lipinski definition) is 6. The number of fused-ring (bicyclic) bond motifs is 1. The van der Waals surface area contributed by atoms with Crippen molar-refractivity contribution in [3.05, 3.63) is 59.9 Å². The molecule has 6 nitrogen and oxygen atoms in total. The van der Waals surface area contributed by atoms with Crippen LogP contribution in [0, 0.1) is 11.3 Å². The lowest BCUT2D eigenvalue weighted by atomic mass is 10.1. The molecule has 0 amide bonds. The number of nitrogens with one attached hydrogen (secondary N) is 1. The van der Waals surface area contributed by atoms with Crippen LogP contribution >= 0.6 is 0 Å². The monoisotopic (exact) mass is 304 g/mol. The molecule has 112 valence electrons. The van der Waals surface area contributed by atoms with E-state index in [0.29, 0.717) is 16.9 Å². The highest BCUT2D eigenvalue weighted by molar-refractivity contribution is 5.93. The van der Waals surface area contributed by atoms with Crippen LogP contribution in [0.2, 0.25) is 0 Å². The Hall–Kier alpha value is -3.46. The number of anilines is 2. The van der Waals surface area contributed by atoms with Crippen molar-refractivity contribution in [2.75, 3.05) is 12.4 Å². The molecular weight excluding hydrogens is 292 g/mol. The van der Waals surface area contributed by atoms with E-state index in [0.717, 1.165) is 16.6 Å². The maximum Gasteiger partial charge on any atom is 0.339 e. The van der Waals surface area contributed by atoms with Gasteiger partial charge in [0.15, 0.2) is 0 Å². The van der Waals surface area contributed by atoms with Crippen molar-refractivity contribution in [3.8, 4) is 6.07 Å². The van der Waals surface area contributed by atoms with Crippen LogP contribution in [0.4, 0.5) is 11.5 Å². The molecule has 0 unspecified atom stereocenters. The van der Waals surface area contributed by atoms with E-state index in [1.165, 1.54) is 13.3 Å². The summed E-state index contributed by atoms with van der Waals surface area (Å²) in [5.41, 5.74) is 2.50. The topological polar surface area (TPSA) is 87.9 Å². The first kappa shape index (κ1) is 14.5. The molecule has 1 aromatic carbocycles. The minimum Gasteiger partial charge on any atom is -0.465 e. The molecule has 0 saturated heterocycles. The third kappa shape index (κ3) is 2.94. The number of methoxy groups -OCH3 is 1. The van der Waals surface area contributed by atoms with Crippen LogP contribution in [0.5, 0.6) is 0 Å². The first-order valence-electron chi connectivity index (χ1n) is 6.81. The van der Waals surface area contributed by atoms with Gasteiger partial charge in [-0.2, -0.15) is 5.26 Å². The largest absolute Gasteiger partial charge is 0.465 e. The van der Waals surface area contributed by atoms with Crippen LogP contribution in [0.1, 0.15) is 15.9 Å². The highest BCUT2D eigenvalue weighted by atomic mass is 16.5. The zero-order valence-electron chi connectivity index (χ0n) is 12.3. The molecule has 0 radical (unpaired) electrons. The summed E-state index contributed by atoms with van der Waals surface area (Å²) in [6.07, 6.45) is 3.12. The number of nitrogens with zero attached hydrogens (tertiary/aromatic N) is 3. The number of ether oxygens (including phenoxy) is 1. The van der Waals surface area contributed by atoms with Gasteiger partial charge in [0, 0.05) is 17.8 Å². The molecule has 23 heavy (non-hydrogen) atoms. The Morgan fingerprint density at radius 2 is 2.09 bits per heavy atom. The number of rotatable bonds is 3. The summed E-state index contributed by atoms with van der Waals surface area (Å²) in [7, 11) is 1.32.